The number of carbonyl (C=O) groups is 1. The van der Waals surface area contributed by atoms with Crippen molar-refractivity contribution in [2.75, 3.05) is 5.32 Å². The van der Waals surface area contributed by atoms with Gasteiger partial charge in [0.15, 0.2) is 0 Å². The Morgan fingerprint density at radius 2 is 2.04 bits per heavy atom. The molecule has 1 aromatic carbocycles. The third kappa shape index (κ3) is 2.91. The average Bonchev–Trinajstić information content (AvgIpc) is 2.91. The number of nitrogens with one attached hydrogen (secondary N) is 1. The number of hydrogen-bond donors (Lipinski definition) is 2. The summed E-state index contributed by atoms with van der Waals surface area (Å²) in [5.74, 6) is -4.39. The van der Waals surface area contributed by atoms with Crippen LogP contribution in [0, 0.1) is 6.92 Å². The third-order valence-corrected chi connectivity index (χ3v) is 4.54. The van der Waals surface area contributed by atoms with Crippen LogP contribution in [-0.2, 0) is 11.3 Å². The van der Waals surface area contributed by atoms with E-state index in [0.29, 0.717) is 13.0 Å². The number of halogens is 2. The first kappa shape index (κ1) is 16.6. The number of aliphatic hydroxyl groups is 1. The zero-order chi connectivity index (χ0) is 17.4. The second-order valence-electron chi connectivity index (χ2n) is 6.21. The standard InChI is InChI=1S/C17H19F2N3O2/c1-12-20-9-10-22(12)11-13-3-5-14(6-4-13)21-15(23)17(18,19)16(24)7-2-8-16/h3-6,9-10,24H,2,7-8,11H2,1H3,(H,21,23). The van der Waals surface area contributed by atoms with Gasteiger partial charge >= 0.3 is 5.92 Å². The summed E-state index contributed by atoms with van der Waals surface area (Å²) in [5, 5.41) is 12.0. The Morgan fingerprint density at radius 1 is 1.38 bits per heavy atom. The monoisotopic (exact) mass is 335 g/mol. The van der Waals surface area contributed by atoms with Gasteiger partial charge in [0.2, 0.25) is 0 Å². The minimum absolute atomic E-state index is 0.0589. The molecule has 1 amide bonds. The van der Waals surface area contributed by atoms with Gasteiger partial charge in [-0.1, -0.05) is 12.1 Å². The molecule has 0 atom stereocenters. The maximum absolute atomic E-state index is 14.0. The van der Waals surface area contributed by atoms with Crippen LogP contribution in [0.1, 0.15) is 30.7 Å². The SMILES string of the molecule is Cc1nccn1Cc1ccc(NC(=O)C(F)(F)C2(O)CCC2)cc1. The molecular formula is C17H19F2N3O2. The second kappa shape index (κ2) is 5.98. The number of imidazole rings is 1. The fraction of sp³-hybridized carbons (Fsp3) is 0.412. The highest BCUT2D eigenvalue weighted by Gasteiger charge is 2.61. The summed E-state index contributed by atoms with van der Waals surface area (Å²) in [6.07, 6.45) is 3.94. The fourth-order valence-corrected chi connectivity index (χ4v) is 2.71. The molecule has 3 rings (SSSR count). The Hall–Kier alpha value is -2.28. The van der Waals surface area contributed by atoms with Gasteiger partial charge in [0.25, 0.3) is 5.91 Å². The van der Waals surface area contributed by atoms with E-state index < -0.39 is 17.4 Å². The third-order valence-electron chi connectivity index (χ3n) is 4.54. The Labute approximate surface area is 138 Å². The predicted molar refractivity (Wildman–Crippen MR) is 84.9 cm³/mol. The Morgan fingerprint density at radius 3 is 2.54 bits per heavy atom. The van der Waals surface area contributed by atoms with Gasteiger partial charge in [0, 0.05) is 24.6 Å². The van der Waals surface area contributed by atoms with Crippen molar-refractivity contribution in [1.82, 2.24) is 9.55 Å². The quantitative estimate of drug-likeness (QED) is 0.883. The van der Waals surface area contributed by atoms with Crippen molar-refractivity contribution < 1.29 is 18.7 Å². The summed E-state index contributed by atoms with van der Waals surface area (Å²) in [7, 11) is 0. The Kier molecular flexibility index (Phi) is 4.13. The number of nitrogens with zero attached hydrogens (tertiary/aromatic N) is 2. The molecule has 128 valence electrons. The maximum Gasteiger partial charge on any atom is 0.352 e. The van der Waals surface area contributed by atoms with E-state index in [9.17, 15) is 18.7 Å². The van der Waals surface area contributed by atoms with E-state index in [1.807, 2.05) is 17.7 Å². The zero-order valence-electron chi connectivity index (χ0n) is 13.3. The molecule has 0 unspecified atom stereocenters. The topological polar surface area (TPSA) is 67.2 Å². The number of carbonyl (C=O) groups excluding carboxylic acids is 1. The van der Waals surface area contributed by atoms with Crippen molar-refractivity contribution in [2.24, 2.45) is 0 Å². The largest absolute Gasteiger partial charge is 0.383 e. The molecule has 1 saturated carbocycles. The minimum atomic E-state index is -3.79. The number of hydrogen-bond acceptors (Lipinski definition) is 3. The van der Waals surface area contributed by atoms with E-state index in [-0.39, 0.29) is 18.5 Å². The molecule has 0 bridgehead atoms. The molecule has 0 saturated heterocycles. The van der Waals surface area contributed by atoms with E-state index in [0.717, 1.165) is 11.4 Å². The van der Waals surface area contributed by atoms with Crippen LogP contribution in [0.15, 0.2) is 36.7 Å². The van der Waals surface area contributed by atoms with Gasteiger partial charge in [0.05, 0.1) is 0 Å². The molecule has 1 fully saturated rings. The van der Waals surface area contributed by atoms with Gasteiger partial charge in [-0.15, -0.1) is 0 Å². The van der Waals surface area contributed by atoms with Crippen LogP contribution >= 0.6 is 0 Å². The van der Waals surface area contributed by atoms with Crippen molar-refractivity contribution >= 4 is 11.6 Å². The summed E-state index contributed by atoms with van der Waals surface area (Å²) < 4.78 is 30.0. The first-order valence-corrected chi connectivity index (χ1v) is 7.80. The van der Waals surface area contributed by atoms with Crippen LogP contribution in [0.2, 0.25) is 0 Å². The van der Waals surface area contributed by atoms with Crippen LogP contribution in [0.5, 0.6) is 0 Å². The second-order valence-corrected chi connectivity index (χ2v) is 6.21. The lowest BCUT2D eigenvalue weighted by atomic mass is 9.75. The van der Waals surface area contributed by atoms with E-state index in [2.05, 4.69) is 10.3 Å². The zero-order valence-corrected chi connectivity index (χ0v) is 13.3. The highest BCUT2D eigenvalue weighted by molar-refractivity contribution is 5.97. The van der Waals surface area contributed by atoms with E-state index >= 15 is 0 Å². The predicted octanol–water partition coefficient (Wildman–Crippen LogP) is 2.73. The molecule has 2 N–H and O–H groups in total. The fourth-order valence-electron chi connectivity index (χ4n) is 2.71. The number of aryl methyl sites for hydroxylation is 1. The minimum Gasteiger partial charge on any atom is -0.383 e. The molecule has 1 aromatic heterocycles. The molecule has 1 heterocycles. The van der Waals surface area contributed by atoms with E-state index in [1.165, 1.54) is 0 Å². The molecule has 0 spiro atoms. The average molecular weight is 335 g/mol. The van der Waals surface area contributed by atoms with Gasteiger partial charge in [-0.25, -0.2) is 4.98 Å². The van der Waals surface area contributed by atoms with Crippen LogP contribution in [0.25, 0.3) is 0 Å². The molecule has 7 heteroatoms. The first-order chi connectivity index (χ1) is 11.3. The van der Waals surface area contributed by atoms with Crippen LogP contribution < -0.4 is 5.32 Å². The molecule has 24 heavy (non-hydrogen) atoms. The van der Waals surface area contributed by atoms with Crippen LogP contribution in [-0.4, -0.2) is 32.1 Å². The van der Waals surface area contributed by atoms with Crippen LogP contribution in [0.3, 0.4) is 0 Å². The van der Waals surface area contributed by atoms with Crippen molar-refractivity contribution in [3.05, 3.63) is 48.0 Å². The van der Waals surface area contributed by atoms with Gasteiger partial charge in [-0.3, -0.25) is 4.79 Å². The number of aromatic nitrogens is 2. The summed E-state index contributed by atoms with van der Waals surface area (Å²) in [6, 6.07) is 6.65. The highest BCUT2D eigenvalue weighted by atomic mass is 19.3. The van der Waals surface area contributed by atoms with E-state index in [1.54, 1.807) is 30.5 Å². The number of anilines is 1. The van der Waals surface area contributed by atoms with Gasteiger partial charge in [-0.2, -0.15) is 8.78 Å². The van der Waals surface area contributed by atoms with Crippen molar-refractivity contribution in [1.29, 1.82) is 0 Å². The number of benzene rings is 1. The highest BCUT2D eigenvalue weighted by Crippen LogP contribution is 2.44. The molecule has 2 aromatic rings. The Bertz CT molecular complexity index is 737. The maximum atomic E-state index is 14.0. The van der Waals surface area contributed by atoms with Crippen molar-refractivity contribution in [2.45, 2.75) is 44.3 Å². The molecular weight excluding hydrogens is 316 g/mol. The smallest absolute Gasteiger partial charge is 0.352 e. The van der Waals surface area contributed by atoms with Crippen molar-refractivity contribution in [3.8, 4) is 0 Å². The summed E-state index contributed by atoms with van der Waals surface area (Å²) in [6.45, 7) is 2.50. The normalized spacial score (nSPS) is 16.5. The lowest BCUT2D eigenvalue weighted by molar-refractivity contribution is -0.212. The first-order valence-electron chi connectivity index (χ1n) is 7.80. The van der Waals surface area contributed by atoms with E-state index in [4.69, 9.17) is 0 Å². The number of rotatable bonds is 5. The van der Waals surface area contributed by atoms with Crippen molar-refractivity contribution in [3.63, 3.8) is 0 Å². The molecule has 0 aliphatic heterocycles. The summed E-state index contributed by atoms with van der Waals surface area (Å²) in [5.41, 5.74) is -0.983. The molecule has 1 aliphatic rings. The summed E-state index contributed by atoms with van der Waals surface area (Å²) >= 11 is 0. The Balaban J connectivity index is 1.66. The van der Waals surface area contributed by atoms with Gasteiger partial charge in [-0.05, 0) is 43.9 Å². The van der Waals surface area contributed by atoms with Gasteiger partial charge in [0.1, 0.15) is 11.4 Å². The lowest BCUT2D eigenvalue weighted by Crippen LogP contribution is -2.59. The number of amides is 1. The molecule has 0 radical (unpaired) electrons. The lowest BCUT2D eigenvalue weighted by Gasteiger charge is -2.41. The molecule has 1 aliphatic carbocycles. The van der Waals surface area contributed by atoms with Gasteiger partial charge < -0.3 is 15.0 Å². The summed E-state index contributed by atoms with van der Waals surface area (Å²) in [4.78, 5) is 16.0. The number of alkyl halides is 2. The molecule has 5 nitrogen and oxygen atoms in total. The van der Waals surface area contributed by atoms with Crippen LogP contribution in [0.4, 0.5) is 14.5 Å².